The van der Waals surface area contributed by atoms with Gasteiger partial charge in [0.25, 0.3) is 0 Å². The Kier molecular flexibility index (Phi) is 4.41. The van der Waals surface area contributed by atoms with E-state index in [4.69, 9.17) is 4.74 Å². The Morgan fingerprint density at radius 1 is 1.69 bits per heavy atom. The highest BCUT2D eigenvalue weighted by Gasteiger charge is 2.28. The summed E-state index contributed by atoms with van der Waals surface area (Å²) in [5, 5.41) is 3.60. The lowest BCUT2D eigenvalue weighted by molar-refractivity contribution is 0.177. The highest BCUT2D eigenvalue weighted by Crippen LogP contribution is 2.38. The second-order valence-electron chi connectivity index (χ2n) is 4.23. The Hall–Kier alpha value is 0.1000. The van der Waals surface area contributed by atoms with Crippen LogP contribution in [0.25, 0.3) is 0 Å². The molecule has 1 aliphatic rings. The molecule has 16 heavy (non-hydrogen) atoms. The first-order valence-corrected chi connectivity index (χ1v) is 7.40. The summed E-state index contributed by atoms with van der Waals surface area (Å²) in [5.41, 5.74) is 0. The summed E-state index contributed by atoms with van der Waals surface area (Å²) >= 11 is 5.55. The molecule has 90 valence electrons. The van der Waals surface area contributed by atoms with Crippen molar-refractivity contribution in [2.45, 2.75) is 26.3 Å². The predicted octanol–water partition coefficient (Wildman–Crippen LogP) is 3.51. The lowest BCUT2D eigenvalue weighted by Gasteiger charge is -2.22. The first kappa shape index (κ1) is 12.6. The van der Waals surface area contributed by atoms with E-state index < -0.39 is 0 Å². The molecule has 1 aliphatic heterocycles. The van der Waals surface area contributed by atoms with Gasteiger partial charge in [0.2, 0.25) is 0 Å². The van der Waals surface area contributed by atoms with Gasteiger partial charge in [-0.25, -0.2) is 0 Å². The average Bonchev–Trinajstić information content (AvgIpc) is 2.85. The van der Waals surface area contributed by atoms with E-state index in [1.165, 1.54) is 20.6 Å². The van der Waals surface area contributed by atoms with E-state index in [-0.39, 0.29) is 0 Å². The first-order chi connectivity index (χ1) is 7.72. The van der Waals surface area contributed by atoms with Crippen molar-refractivity contribution in [2.75, 3.05) is 19.8 Å². The highest BCUT2D eigenvalue weighted by molar-refractivity contribution is 9.10. The van der Waals surface area contributed by atoms with Gasteiger partial charge in [-0.3, -0.25) is 0 Å². The predicted molar refractivity (Wildman–Crippen MR) is 72.1 cm³/mol. The van der Waals surface area contributed by atoms with Crippen LogP contribution in [-0.4, -0.2) is 19.8 Å². The van der Waals surface area contributed by atoms with E-state index in [0.717, 1.165) is 19.8 Å². The summed E-state index contributed by atoms with van der Waals surface area (Å²) in [6.45, 7) is 7.13. The van der Waals surface area contributed by atoms with Crippen molar-refractivity contribution in [3.63, 3.8) is 0 Å². The summed E-state index contributed by atoms with van der Waals surface area (Å²) in [6, 6.07) is 2.65. The molecule has 1 N–H and O–H groups in total. The third-order valence-electron chi connectivity index (χ3n) is 2.98. The van der Waals surface area contributed by atoms with Crippen LogP contribution in [-0.2, 0) is 4.74 Å². The van der Waals surface area contributed by atoms with Crippen molar-refractivity contribution >= 4 is 27.3 Å². The summed E-state index contributed by atoms with van der Waals surface area (Å²) in [5.74, 6) is 0.620. The lowest BCUT2D eigenvalue weighted by Crippen LogP contribution is -2.28. The minimum atomic E-state index is 0.445. The van der Waals surface area contributed by atoms with Gasteiger partial charge in [0.05, 0.1) is 6.61 Å². The van der Waals surface area contributed by atoms with E-state index in [1.807, 2.05) is 11.3 Å². The summed E-state index contributed by atoms with van der Waals surface area (Å²) in [7, 11) is 0. The fourth-order valence-electron chi connectivity index (χ4n) is 2.22. The number of thiophene rings is 1. The molecular formula is C12H18BrNOS. The zero-order valence-electron chi connectivity index (χ0n) is 9.75. The number of hydrogen-bond acceptors (Lipinski definition) is 3. The number of ether oxygens (including phenoxy) is 1. The first-order valence-electron chi connectivity index (χ1n) is 5.79. The SMILES string of the molecule is CCNC(c1sc(C)cc1Br)C1CCOC1. The Balaban J connectivity index is 2.20. The van der Waals surface area contributed by atoms with E-state index in [2.05, 4.69) is 41.2 Å². The van der Waals surface area contributed by atoms with E-state index >= 15 is 0 Å². The molecule has 0 saturated carbocycles. The molecule has 1 fully saturated rings. The molecular weight excluding hydrogens is 286 g/mol. The molecule has 2 rings (SSSR count). The number of halogens is 1. The largest absolute Gasteiger partial charge is 0.381 e. The normalized spacial score (nSPS) is 22.6. The van der Waals surface area contributed by atoms with Gasteiger partial charge in [0.15, 0.2) is 0 Å². The van der Waals surface area contributed by atoms with Crippen LogP contribution >= 0.6 is 27.3 Å². The second-order valence-corrected chi connectivity index (χ2v) is 6.37. The van der Waals surface area contributed by atoms with Crippen LogP contribution in [0.15, 0.2) is 10.5 Å². The maximum absolute atomic E-state index is 5.50. The maximum Gasteiger partial charge on any atom is 0.0513 e. The van der Waals surface area contributed by atoms with Gasteiger partial charge in [0.1, 0.15) is 0 Å². The maximum atomic E-state index is 5.50. The topological polar surface area (TPSA) is 21.3 Å². The lowest BCUT2D eigenvalue weighted by atomic mass is 9.97. The van der Waals surface area contributed by atoms with Crippen LogP contribution in [0, 0.1) is 12.8 Å². The average molecular weight is 304 g/mol. The van der Waals surface area contributed by atoms with Gasteiger partial charge in [0, 0.05) is 32.8 Å². The molecule has 1 aromatic rings. The van der Waals surface area contributed by atoms with Crippen LogP contribution in [0.1, 0.15) is 29.1 Å². The Morgan fingerprint density at radius 2 is 2.50 bits per heavy atom. The molecule has 2 heterocycles. The molecule has 1 saturated heterocycles. The van der Waals surface area contributed by atoms with Crippen molar-refractivity contribution in [2.24, 2.45) is 5.92 Å². The van der Waals surface area contributed by atoms with Crippen molar-refractivity contribution in [3.8, 4) is 0 Å². The van der Waals surface area contributed by atoms with E-state index in [0.29, 0.717) is 12.0 Å². The molecule has 0 spiro atoms. The van der Waals surface area contributed by atoms with Gasteiger partial charge >= 0.3 is 0 Å². The number of nitrogens with one attached hydrogen (secondary N) is 1. The molecule has 0 amide bonds. The Morgan fingerprint density at radius 3 is 3.00 bits per heavy atom. The van der Waals surface area contributed by atoms with Gasteiger partial charge in [-0.15, -0.1) is 11.3 Å². The Bertz CT molecular complexity index is 347. The Labute approximate surface area is 110 Å². The highest BCUT2D eigenvalue weighted by atomic mass is 79.9. The smallest absolute Gasteiger partial charge is 0.0513 e. The third-order valence-corrected chi connectivity index (χ3v) is 5.03. The molecule has 0 aromatic carbocycles. The van der Waals surface area contributed by atoms with Gasteiger partial charge in [-0.1, -0.05) is 6.92 Å². The van der Waals surface area contributed by atoms with Gasteiger partial charge < -0.3 is 10.1 Å². The van der Waals surface area contributed by atoms with Crippen LogP contribution in [0.2, 0.25) is 0 Å². The van der Waals surface area contributed by atoms with Crippen LogP contribution < -0.4 is 5.32 Å². The molecule has 1 aromatic heterocycles. The fourth-order valence-corrected chi connectivity index (χ4v) is 4.29. The number of hydrogen-bond donors (Lipinski definition) is 1. The van der Waals surface area contributed by atoms with Crippen molar-refractivity contribution < 1.29 is 4.74 Å². The van der Waals surface area contributed by atoms with E-state index in [9.17, 15) is 0 Å². The van der Waals surface area contributed by atoms with Gasteiger partial charge in [-0.05, 0) is 41.9 Å². The minimum absolute atomic E-state index is 0.445. The van der Waals surface area contributed by atoms with Crippen molar-refractivity contribution in [1.82, 2.24) is 5.32 Å². The standard InChI is InChI=1S/C12H18BrNOS/c1-3-14-11(9-4-5-15-7-9)12-10(13)6-8(2)16-12/h6,9,11,14H,3-5,7H2,1-2H3. The van der Waals surface area contributed by atoms with Crippen LogP contribution in [0.3, 0.4) is 0 Å². The summed E-state index contributed by atoms with van der Waals surface area (Å²) in [6.07, 6.45) is 1.17. The van der Waals surface area contributed by atoms with E-state index in [1.54, 1.807) is 0 Å². The molecule has 0 aliphatic carbocycles. The summed E-state index contributed by atoms with van der Waals surface area (Å²) < 4.78 is 6.75. The molecule has 4 heteroatoms. The molecule has 2 atom stereocenters. The second kappa shape index (κ2) is 5.63. The molecule has 0 radical (unpaired) electrons. The molecule has 2 unspecified atom stereocenters. The zero-order chi connectivity index (χ0) is 11.5. The zero-order valence-corrected chi connectivity index (χ0v) is 12.2. The number of rotatable bonds is 4. The van der Waals surface area contributed by atoms with Crippen LogP contribution in [0.4, 0.5) is 0 Å². The molecule has 2 nitrogen and oxygen atoms in total. The fraction of sp³-hybridized carbons (Fsp3) is 0.667. The summed E-state index contributed by atoms with van der Waals surface area (Å²) in [4.78, 5) is 2.79. The third kappa shape index (κ3) is 2.67. The van der Waals surface area contributed by atoms with Crippen molar-refractivity contribution in [3.05, 3.63) is 20.3 Å². The quantitative estimate of drug-likeness (QED) is 0.919. The van der Waals surface area contributed by atoms with Gasteiger partial charge in [-0.2, -0.15) is 0 Å². The monoisotopic (exact) mass is 303 g/mol. The molecule has 0 bridgehead atoms. The minimum Gasteiger partial charge on any atom is -0.381 e. The van der Waals surface area contributed by atoms with Crippen LogP contribution in [0.5, 0.6) is 0 Å². The number of aryl methyl sites for hydroxylation is 1. The van der Waals surface area contributed by atoms with Crippen molar-refractivity contribution in [1.29, 1.82) is 0 Å².